The molecule has 0 spiro atoms. The Hall–Kier alpha value is -2.38. The van der Waals surface area contributed by atoms with E-state index in [1.165, 1.54) is 32.1 Å². The van der Waals surface area contributed by atoms with Crippen molar-refractivity contribution in [2.45, 2.75) is 96.1 Å². The molecule has 1 N–H and O–H groups in total. The summed E-state index contributed by atoms with van der Waals surface area (Å²) in [5.74, 6) is 1.04. The van der Waals surface area contributed by atoms with E-state index in [1.54, 1.807) is 6.92 Å². The van der Waals surface area contributed by atoms with E-state index in [2.05, 4.69) is 31.1 Å². The number of likely N-dealkylation sites (tertiary alicyclic amines) is 1. The van der Waals surface area contributed by atoms with Crippen LogP contribution in [0, 0.1) is 23.2 Å². The summed E-state index contributed by atoms with van der Waals surface area (Å²) in [6.45, 7) is 9.91. The molecule has 2 aliphatic carbocycles. The average Bonchev–Trinajstić information content (AvgIpc) is 2.99. The number of guanidine groups is 1. The van der Waals surface area contributed by atoms with E-state index >= 15 is 0 Å². The van der Waals surface area contributed by atoms with Gasteiger partial charge >= 0.3 is 6.09 Å². The highest BCUT2D eigenvalue weighted by Crippen LogP contribution is 2.32. The van der Waals surface area contributed by atoms with Gasteiger partial charge in [-0.3, -0.25) is 4.79 Å². The largest absolute Gasteiger partial charge is 0.448 e. The Morgan fingerprint density at radius 2 is 1.70 bits per heavy atom. The van der Waals surface area contributed by atoms with Crippen molar-refractivity contribution in [2.24, 2.45) is 16.8 Å². The first-order valence-electron chi connectivity index (χ1n) is 15.8. The van der Waals surface area contributed by atoms with Crippen LogP contribution in [0.1, 0.15) is 84.5 Å². The van der Waals surface area contributed by atoms with Crippen LogP contribution in [0.4, 0.5) is 4.79 Å². The third-order valence-corrected chi connectivity index (χ3v) is 9.34. The van der Waals surface area contributed by atoms with Crippen LogP contribution in [0.25, 0.3) is 0 Å². The lowest BCUT2D eigenvalue weighted by Crippen LogP contribution is -2.60. The number of nitrogens with zero attached hydrogens (tertiary/aromatic N) is 5. The van der Waals surface area contributed by atoms with Gasteiger partial charge in [0, 0.05) is 45.3 Å². The number of morpholine rings is 1. The molecule has 0 aromatic carbocycles. The van der Waals surface area contributed by atoms with Gasteiger partial charge in [-0.05, 0) is 58.3 Å². The zero-order chi connectivity index (χ0) is 28.4. The van der Waals surface area contributed by atoms with Crippen LogP contribution in [0.15, 0.2) is 4.99 Å². The van der Waals surface area contributed by atoms with Crippen molar-refractivity contribution in [1.82, 2.24) is 20.0 Å². The maximum Gasteiger partial charge on any atom is 0.436 e. The highest BCUT2D eigenvalue weighted by molar-refractivity contribution is 5.91. The summed E-state index contributed by atoms with van der Waals surface area (Å²) in [5, 5.41) is 13.5. The number of hydrogen-bond acceptors (Lipinski definition) is 6. The van der Waals surface area contributed by atoms with Crippen LogP contribution in [-0.4, -0.2) is 103 Å². The quantitative estimate of drug-likeness (QED) is 0.372. The normalized spacial score (nSPS) is 26.5. The molecular weight excluding hydrogens is 508 g/mol. The molecule has 2 heterocycles. The number of carbonyl (C=O) groups excluding carboxylic acids is 2. The molecule has 2 amide bonds. The van der Waals surface area contributed by atoms with Gasteiger partial charge < -0.3 is 29.5 Å². The van der Waals surface area contributed by atoms with Gasteiger partial charge in [-0.15, -0.1) is 4.99 Å². The minimum Gasteiger partial charge on any atom is -0.448 e. The number of amides is 2. The minimum absolute atomic E-state index is 0.0390. The van der Waals surface area contributed by atoms with Gasteiger partial charge in [-0.25, -0.2) is 4.79 Å². The second kappa shape index (κ2) is 15.0. The van der Waals surface area contributed by atoms with Crippen LogP contribution in [0.2, 0.25) is 0 Å². The van der Waals surface area contributed by atoms with Crippen molar-refractivity contribution in [3.63, 3.8) is 0 Å². The fraction of sp³-hybridized carbons (Fsp3) is 0.867. The lowest BCUT2D eigenvalue weighted by atomic mass is 9.81. The molecule has 224 valence electrons. The fourth-order valence-corrected chi connectivity index (χ4v) is 7.08. The number of rotatable bonds is 7. The number of piperidine rings is 1. The van der Waals surface area contributed by atoms with Gasteiger partial charge in [0.05, 0.1) is 31.8 Å². The van der Waals surface area contributed by atoms with E-state index in [-0.39, 0.29) is 24.5 Å². The van der Waals surface area contributed by atoms with Gasteiger partial charge in [0.2, 0.25) is 11.9 Å². The zero-order valence-electron chi connectivity index (χ0n) is 24.7. The number of nitriles is 1. The summed E-state index contributed by atoms with van der Waals surface area (Å²) in [5.41, 5.74) is -0.814. The molecule has 2 saturated heterocycles. The predicted molar refractivity (Wildman–Crippen MR) is 154 cm³/mol. The van der Waals surface area contributed by atoms with Crippen LogP contribution >= 0.6 is 0 Å². The molecule has 0 radical (unpaired) electrons. The van der Waals surface area contributed by atoms with Gasteiger partial charge in [-0.2, -0.15) is 5.26 Å². The van der Waals surface area contributed by atoms with E-state index in [4.69, 9.17) is 9.47 Å². The third-order valence-electron chi connectivity index (χ3n) is 9.34. The summed E-state index contributed by atoms with van der Waals surface area (Å²) >= 11 is 0. The molecule has 10 heteroatoms. The maximum absolute atomic E-state index is 13.9. The lowest BCUT2D eigenvalue weighted by Gasteiger charge is -2.45. The van der Waals surface area contributed by atoms with E-state index < -0.39 is 11.6 Å². The minimum atomic E-state index is -0.814. The Kier molecular flexibility index (Phi) is 11.5. The molecule has 0 aromatic rings. The van der Waals surface area contributed by atoms with E-state index in [1.807, 2.05) is 6.92 Å². The van der Waals surface area contributed by atoms with Crippen molar-refractivity contribution in [3.8, 4) is 6.07 Å². The Balaban J connectivity index is 1.45. The second-order valence-electron chi connectivity index (χ2n) is 11.9. The van der Waals surface area contributed by atoms with Crippen LogP contribution in [-0.2, 0) is 14.3 Å². The highest BCUT2D eigenvalue weighted by atomic mass is 16.5. The molecular formula is C30H50N6O4. The molecule has 2 atom stereocenters. The Bertz CT molecular complexity index is 900. The number of aliphatic imine (C=N–C) groups is 1. The highest BCUT2D eigenvalue weighted by Gasteiger charge is 2.42. The van der Waals surface area contributed by atoms with Crippen molar-refractivity contribution in [2.75, 3.05) is 59.1 Å². The smallest absolute Gasteiger partial charge is 0.436 e. The second-order valence-corrected chi connectivity index (χ2v) is 11.9. The summed E-state index contributed by atoms with van der Waals surface area (Å²) < 4.78 is 10.7. The first-order valence-corrected chi connectivity index (χ1v) is 15.8. The zero-order valence-corrected chi connectivity index (χ0v) is 24.7. The van der Waals surface area contributed by atoms with Crippen molar-refractivity contribution < 1.29 is 19.1 Å². The molecule has 4 aliphatic rings. The maximum atomic E-state index is 13.9. The summed E-state index contributed by atoms with van der Waals surface area (Å²) in [4.78, 5) is 37.5. The van der Waals surface area contributed by atoms with Gasteiger partial charge in [0.15, 0.2) is 0 Å². The SMILES string of the molecule is CCOC(=O)N=C(N1CCOCC1)N(CC)C1CCCCC1C(=O)NC1(C#N)CCN(CC2CCCCC2)CC1. The van der Waals surface area contributed by atoms with Gasteiger partial charge in [0.25, 0.3) is 0 Å². The average molecular weight is 559 g/mol. The third kappa shape index (κ3) is 7.88. The molecule has 0 bridgehead atoms. The number of carbonyl (C=O) groups is 2. The number of hydrogen-bond donors (Lipinski definition) is 1. The van der Waals surface area contributed by atoms with E-state index in [0.29, 0.717) is 51.6 Å². The lowest BCUT2D eigenvalue weighted by molar-refractivity contribution is -0.129. The van der Waals surface area contributed by atoms with E-state index in [9.17, 15) is 14.9 Å². The topological polar surface area (TPSA) is 110 Å². The molecule has 10 nitrogen and oxygen atoms in total. The molecule has 2 unspecified atom stereocenters. The summed E-state index contributed by atoms with van der Waals surface area (Å²) in [6.07, 6.45) is 11.0. The summed E-state index contributed by atoms with van der Waals surface area (Å²) in [7, 11) is 0. The van der Waals surface area contributed by atoms with Crippen molar-refractivity contribution in [3.05, 3.63) is 0 Å². The molecule has 2 saturated carbocycles. The molecule has 40 heavy (non-hydrogen) atoms. The Morgan fingerprint density at radius 3 is 2.35 bits per heavy atom. The predicted octanol–water partition coefficient (Wildman–Crippen LogP) is 3.77. The standard InChI is InChI=1S/C30H50N6O4/c1-3-36(28(32-29(38)40-4-2)35-18-20-39-21-19-35)26-13-9-8-12-25(26)27(37)33-30(23-31)14-16-34(17-15-30)22-24-10-6-5-7-11-24/h24-26H,3-22H2,1-2H3,(H,33,37). The first kappa shape index (κ1) is 30.6. The van der Waals surface area contributed by atoms with Gasteiger partial charge in [0.1, 0.15) is 5.54 Å². The monoisotopic (exact) mass is 558 g/mol. The first-order chi connectivity index (χ1) is 19.5. The fourth-order valence-electron chi connectivity index (χ4n) is 7.08. The van der Waals surface area contributed by atoms with Crippen molar-refractivity contribution >= 4 is 18.0 Å². The summed E-state index contributed by atoms with van der Waals surface area (Å²) in [6, 6.07) is 2.40. The molecule has 0 aromatic heterocycles. The molecule has 4 fully saturated rings. The number of ether oxygens (including phenoxy) is 2. The Labute approximate surface area is 240 Å². The van der Waals surface area contributed by atoms with Crippen molar-refractivity contribution in [1.29, 1.82) is 5.26 Å². The van der Waals surface area contributed by atoms with Gasteiger partial charge in [-0.1, -0.05) is 32.1 Å². The number of nitrogens with one attached hydrogen (secondary N) is 1. The van der Waals surface area contributed by atoms with E-state index in [0.717, 1.165) is 51.2 Å². The Morgan fingerprint density at radius 1 is 1.02 bits per heavy atom. The van der Waals surface area contributed by atoms with Crippen LogP contribution in [0.3, 0.4) is 0 Å². The van der Waals surface area contributed by atoms with Crippen LogP contribution < -0.4 is 5.32 Å². The van der Waals surface area contributed by atoms with Crippen LogP contribution in [0.5, 0.6) is 0 Å². The molecule has 4 rings (SSSR count). The molecule has 2 aliphatic heterocycles.